The second-order valence-corrected chi connectivity index (χ2v) is 29.8. The van der Waals surface area contributed by atoms with Crippen LogP contribution in [-0.4, -0.2) is 96.7 Å². The van der Waals surface area contributed by atoms with Gasteiger partial charge in [-0.05, 0) is 49.4 Å². The Morgan fingerprint density at radius 3 is 0.798 bits per heavy atom. The fraction of sp³-hybridized carbons (Fsp3) is 0.943. The number of phosphoric ester groups is 2. The Morgan fingerprint density at radius 1 is 0.315 bits per heavy atom. The van der Waals surface area contributed by atoms with E-state index in [1.807, 2.05) is 0 Å². The second-order valence-electron chi connectivity index (χ2n) is 26.9. The van der Waals surface area contributed by atoms with Crippen molar-refractivity contribution in [2.45, 2.75) is 363 Å². The number of rotatable bonds is 67. The largest absolute Gasteiger partial charge is 0.472 e. The minimum absolute atomic E-state index is 0.104. The number of carbonyl (C=O) groups is 4. The van der Waals surface area contributed by atoms with Gasteiger partial charge in [-0.25, -0.2) is 9.13 Å². The van der Waals surface area contributed by atoms with Crippen LogP contribution >= 0.6 is 15.6 Å². The lowest BCUT2D eigenvalue weighted by molar-refractivity contribution is -0.161. The van der Waals surface area contributed by atoms with Crippen LogP contribution in [-0.2, 0) is 65.4 Å². The first-order valence-electron chi connectivity index (χ1n) is 36.2. The summed E-state index contributed by atoms with van der Waals surface area (Å²) in [6, 6.07) is 0. The molecule has 0 aromatic carbocycles. The van der Waals surface area contributed by atoms with Crippen LogP contribution in [0.25, 0.3) is 0 Å². The molecule has 0 heterocycles. The molecule has 0 aliphatic heterocycles. The Labute approximate surface area is 543 Å². The molecular weight excluding hydrogens is 1170 g/mol. The summed E-state index contributed by atoms with van der Waals surface area (Å²) in [6.45, 7) is 14.1. The molecule has 0 aromatic heterocycles. The zero-order chi connectivity index (χ0) is 66.1. The number of aliphatic hydroxyl groups excluding tert-OH is 1. The van der Waals surface area contributed by atoms with Crippen molar-refractivity contribution in [3.05, 3.63) is 0 Å². The molecule has 0 saturated carbocycles. The van der Waals surface area contributed by atoms with Crippen molar-refractivity contribution < 1.29 is 80.2 Å². The molecule has 17 nitrogen and oxygen atoms in total. The lowest BCUT2D eigenvalue weighted by Crippen LogP contribution is -2.30. The molecule has 6 atom stereocenters. The number of aliphatic hydroxyl groups is 1. The Hall–Kier alpha value is -1.94. The number of hydrogen-bond donors (Lipinski definition) is 3. The van der Waals surface area contributed by atoms with Gasteiger partial charge in [0.05, 0.1) is 26.4 Å². The average molecular weight is 1310 g/mol. The van der Waals surface area contributed by atoms with Crippen molar-refractivity contribution in [3.8, 4) is 0 Å². The molecule has 0 aliphatic rings. The first-order valence-corrected chi connectivity index (χ1v) is 39.2. The van der Waals surface area contributed by atoms with E-state index < -0.39 is 97.5 Å². The third-order valence-corrected chi connectivity index (χ3v) is 18.3. The second kappa shape index (κ2) is 59.8. The summed E-state index contributed by atoms with van der Waals surface area (Å²) in [4.78, 5) is 72.5. The first-order chi connectivity index (χ1) is 42.6. The van der Waals surface area contributed by atoms with E-state index in [1.165, 1.54) is 148 Å². The Kier molecular flexibility index (Phi) is 58.5. The van der Waals surface area contributed by atoms with Crippen LogP contribution in [0.3, 0.4) is 0 Å². The molecule has 0 aromatic rings. The van der Waals surface area contributed by atoms with E-state index in [9.17, 15) is 43.2 Å². The van der Waals surface area contributed by atoms with E-state index >= 15 is 0 Å². The Balaban J connectivity index is 5.27. The Morgan fingerprint density at radius 2 is 0.539 bits per heavy atom. The molecule has 0 bridgehead atoms. The molecule has 0 amide bonds. The normalized spacial score (nSPS) is 14.6. The van der Waals surface area contributed by atoms with Crippen molar-refractivity contribution in [1.82, 2.24) is 0 Å². The van der Waals surface area contributed by atoms with E-state index in [4.69, 9.17) is 37.0 Å². The summed E-state index contributed by atoms with van der Waals surface area (Å²) in [6.07, 6.45) is 41.6. The van der Waals surface area contributed by atoms with Crippen molar-refractivity contribution in [2.75, 3.05) is 39.6 Å². The SMILES string of the molecule is CCC(C)CCCCCCCCCCC(=O)O[C@H](COC(=O)CCCCCCCCCCCCCC(C)C)COP(=O)(O)OCC(O)COP(=O)(O)OC[C@@H](COC(=O)CCCCCCCCCCC(C)C)OC(=O)CCCCCCCCCCCC(C)C. The van der Waals surface area contributed by atoms with Crippen molar-refractivity contribution in [1.29, 1.82) is 0 Å². The number of unbranched alkanes of at least 4 members (excludes halogenated alkanes) is 32. The maximum absolute atomic E-state index is 13.0. The summed E-state index contributed by atoms with van der Waals surface area (Å²) in [5.74, 6) is 0.872. The van der Waals surface area contributed by atoms with Gasteiger partial charge in [0.1, 0.15) is 19.3 Å². The highest BCUT2D eigenvalue weighted by molar-refractivity contribution is 7.47. The highest BCUT2D eigenvalue weighted by Crippen LogP contribution is 2.45. The third-order valence-electron chi connectivity index (χ3n) is 16.4. The van der Waals surface area contributed by atoms with Gasteiger partial charge in [-0.1, -0.05) is 293 Å². The molecule has 528 valence electrons. The lowest BCUT2D eigenvalue weighted by Gasteiger charge is -2.21. The van der Waals surface area contributed by atoms with Crippen LogP contribution in [0, 0.1) is 23.7 Å². The van der Waals surface area contributed by atoms with Crippen LogP contribution in [0.15, 0.2) is 0 Å². The lowest BCUT2D eigenvalue weighted by atomic mass is 9.99. The van der Waals surface area contributed by atoms with Crippen LogP contribution in [0.2, 0.25) is 0 Å². The molecule has 0 fully saturated rings. The van der Waals surface area contributed by atoms with E-state index in [-0.39, 0.29) is 25.7 Å². The van der Waals surface area contributed by atoms with Gasteiger partial charge in [0.25, 0.3) is 0 Å². The maximum atomic E-state index is 13.0. The molecule has 4 unspecified atom stereocenters. The predicted octanol–water partition coefficient (Wildman–Crippen LogP) is 19.7. The van der Waals surface area contributed by atoms with Gasteiger partial charge in [-0.3, -0.25) is 37.3 Å². The minimum Gasteiger partial charge on any atom is -0.462 e. The number of phosphoric acid groups is 2. The number of esters is 4. The highest BCUT2D eigenvalue weighted by atomic mass is 31.2. The summed E-state index contributed by atoms with van der Waals surface area (Å²) in [7, 11) is -9.90. The number of ether oxygens (including phenoxy) is 4. The van der Waals surface area contributed by atoms with E-state index in [2.05, 4.69) is 55.4 Å². The predicted molar refractivity (Wildman–Crippen MR) is 358 cm³/mol. The topological polar surface area (TPSA) is 237 Å². The molecular formula is C70H136O17P2. The van der Waals surface area contributed by atoms with Gasteiger partial charge in [-0.15, -0.1) is 0 Å². The fourth-order valence-electron chi connectivity index (χ4n) is 10.5. The van der Waals surface area contributed by atoms with Gasteiger partial charge >= 0.3 is 39.5 Å². The smallest absolute Gasteiger partial charge is 0.462 e. The number of hydrogen-bond acceptors (Lipinski definition) is 15. The molecule has 0 rings (SSSR count). The highest BCUT2D eigenvalue weighted by Gasteiger charge is 2.30. The molecule has 89 heavy (non-hydrogen) atoms. The molecule has 3 N–H and O–H groups in total. The van der Waals surface area contributed by atoms with Gasteiger partial charge < -0.3 is 33.8 Å². The van der Waals surface area contributed by atoms with Crippen molar-refractivity contribution in [2.24, 2.45) is 23.7 Å². The van der Waals surface area contributed by atoms with Crippen LogP contribution in [0.1, 0.15) is 344 Å². The molecule has 0 spiro atoms. The standard InChI is InChI=1S/C70H136O17P2/c1-9-63(8)49-41-33-25-19-21-29-37-45-53-70(75)87-66(56-80-67(72)50-42-34-26-16-12-10-11-14-22-30-38-46-60(2)3)59-85-89(78,79)83-55-64(71)54-82-88(76,77)84-58-65(57-81-68(73)51-43-35-27-20-18-24-32-40-48-62(6)7)86-69(74)52-44-36-28-17-13-15-23-31-39-47-61(4)5/h60-66,71H,9-59H2,1-8H3,(H,76,77)(H,78,79)/t63?,64?,65-,66-/m1/s1. The quantitative estimate of drug-likeness (QED) is 0.0222. The van der Waals surface area contributed by atoms with Gasteiger partial charge in [0, 0.05) is 25.7 Å². The monoisotopic (exact) mass is 1310 g/mol. The van der Waals surface area contributed by atoms with Crippen LogP contribution < -0.4 is 0 Å². The van der Waals surface area contributed by atoms with Gasteiger partial charge in [0.15, 0.2) is 12.2 Å². The van der Waals surface area contributed by atoms with Crippen molar-refractivity contribution >= 4 is 39.5 Å². The first kappa shape index (κ1) is 87.1. The molecule has 0 aliphatic carbocycles. The Bertz CT molecular complexity index is 1770. The van der Waals surface area contributed by atoms with Gasteiger partial charge in [0.2, 0.25) is 0 Å². The molecule has 0 saturated heterocycles. The summed E-state index contributed by atoms with van der Waals surface area (Å²) >= 11 is 0. The maximum Gasteiger partial charge on any atom is 0.472 e. The summed E-state index contributed by atoms with van der Waals surface area (Å²) < 4.78 is 68.3. The summed E-state index contributed by atoms with van der Waals surface area (Å²) in [5.41, 5.74) is 0. The van der Waals surface area contributed by atoms with E-state index in [0.29, 0.717) is 25.7 Å². The average Bonchev–Trinajstić information content (AvgIpc) is 3.70. The molecule has 0 radical (unpaired) electrons. The van der Waals surface area contributed by atoms with Crippen LogP contribution in [0.5, 0.6) is 0 Å². The van der Waals surface area contributed by atoms with Crippen molar-refractivity contribution in [3.63, 3.8) is 0 Å². The third kappa shape index (κ3) is 63.2. The van der Waals surface area contributed by atoms with E-state index in [1.54, 1.807) is 0 Å². The zero-order valence-electron chi connectivity index (χ0n) is 58.1. The van der Waals surface area contributed by atoms with Gasteiger partial charge in [-0.2, -0.15) is 0 Å². The minimum atomic E-state index is -4.95. The number of carbonyl (C=O) groups excluding carboxylic acids is 4. The van der Waals surface area contributed by atoms with Crippen LogP contribution in [0.4, 0.5) is 0 Å². The van der Waals surface area contributed by atoms with E-state index in [0.717, 1.165) is 114 Å². The molecule has 19 heteroatoms. The summed E-state index contributed by atoms with van der Waals surface area (Å²) in [5, 5.41) is 10.6. The fourth-order valence-corrected chi connectivity index (χ4v) is 12.0. The zero-order valence-corrected chi connectivity index (χ0v) is 59.8.